The SMILES string of the molecule is O=C1N[C@@](Cc2ccccc2)(c2ccccc2)C(=O)N1C/C=C\c1ccccc1. The van der Waals surface area contributed by atoms with Crippen LogP contribution in [0.4, 0.5) is 4.79 Å². The summed E-state index contributed by atoms with van der Waals surface area (Å²) in [4.78, 5) is 27.5. The molecule has 1 aliphatic rings. The van der Waals surface area contributed by atoms with E-state index in [0.29, 0.717) is 6.42 Å². The number of benzene rings is 3. The van der Waals surface area contributed by atoms with Crippen molar-refractivity contribution in [3.63, 3.8) is 0 Å². The minimum Gasteiger partial charge on any atom is -0.319 e. The van der Waals surface area contributed by atoms with Gasteiger partial charge in [-0.2, -0.15) is 0 Å². The van der Waals surface area contributed by atoms with Crippen LogP contribution in [0.1, 0.15) is 16.7 Å². The summed E-state index contributed by atoms with van der Waals surface area (Å²) >= 11 is 0. The van der Waals surface area contributed by atoms with Gasteiger partial charge >= 0.3 is 6.03 Å². The van der Waals surface area contributed by atoms with Crippen LogP contribution in [0, 0.1) is 0 Å². The van der Waals surface area contributed by atoms with Gasteiger partial charge in [0.1, 0.15) is 0 Å². The normalized spacial score (nSPS) is 19.0. The largest absolute Gasteiger partial charge is 0.325 e. The van der Waals surface area contributed by atoms with Crippen molar-refractivity contribution >= 4 is 18.0 Å². The Balaban J connectivity index is 1.63. The summed E-state index contributed by atoms with van der Waals surface area (Å²) in [5, 5.41) is 2.98. The number of amides is 3. The topological polar surface area (TPSA) is 49.4 Å². The zero-order chi connectivity index (χ0) is 20.1. The fourth-order valence-electron chi connectivity index (χ4n) is 3.69. The molecule has 0 spiro atoms. The number of imide groups is 1. The van der Waals surface area contributed by atoms with Gasteiger partial charge in [-0.05, 0) is 16.7 Å². The number of hydrogen-bond donors (Lipinski definition) is 1. The molecule has 1 aliphatic heterocycles. The number of nitrogens with zero attached hydrogens (tertiary/aromatic N) is 1. The predicted octanol–water partition coefficient (Wildman–Crippen LogP) is 4.39. The number of nitrogens with one attached hydrogen (secondary N) is 1. The third-order valence-electron chi connectivity index (χ3n) is 5.15. The molecular weight excluding hydrogens is 360 g/mol. The van der Waals surface area contributed by atoms with Crippen molar-refractivity contribution in [3.05, 3.63) is 114 Å². The molecule has 1 heterocycles. The molecule has 3 aromatic carbocycles. The molecule has 1 atom stereocenters. The minimum atomic E-state index is -1.10. The van der Waals surface area contributed by atoms with Gasteiger partial charge in [0.25, 0.3) is 5.91 Å². The Labute approximate surface area is 170 Å². The second-order valence-electron chi connectivity index (χ2n) is 7.09. The number of urea groups is 1. The highest BCUT2D eigenvalue weighted by molar-refractivity contribution is 6.07. The zero-order valence-electron chi connectivity index (χ0n) is 16.0. The van der Waals surface area contributed by atoms with E-state index in [1.165, 1.54) is 4.90 Å². The quantitative estimate of drug-likeness (QED) is 0.643. The maximum Gasteiger partial charge on any atom is 0.325 e. The van der Waals surface area contributed by atoms with Crippen LogP contribution in [0.3, 0.4) is 0 Å². The molecular formula is C25H22N2O2. The summed E-state index contributed by atoms with van der Waals surface area (Å²) in [6, 6.07) is 28.7. The summed E-state index contributed by atoms with van der Waals surface area (Å²) in [6.45, 7) is 0.225. The van der Waals surface area contributed by atoms with Crippen LogP contribution in [0.15, 0.2) is 97.1 Å². The molecule has 4 rings (SSSR count). The van der Waals surface area contributed by atoms with Gasteiger partial charge in [0.05, 0.1) is 0 Å². The first-order valence-electron chi connectivity index (χ1n) is 9.64. The van der Waals surface area contributed by atoms with Crippen molar-refractivity contribution in [2.45, 2.75) is 12.0 Å². The molecule has 0 unspecified atom stereocenters. The van der Waals surface area contributed by atoms with E-state index in [-0.39, 0.29) is 18.5 Å². The molecule has 1 fully saturated rings. The van der Waals surface area contributed by atoms with Crippen molar-refractivity contribution < 1.29 is 9.59 Å². The third kappa shape index (κ3) is 3.83. The Morgan fingerprint density at radius 3 is 2.03 bits per heavy atom. The molecule has 3 aromatic rings. The first-order valence-corrected chi connectivity index (χ1v) is 9.64. The van der Waals surface area contributed by atoms with E-state index in [1.54, 1.807) is 0 Å². The van der Waals surface area contributed by atoms with E-state index >= 15 is 0 Å². The zero-order valence-corrected chi connectivity index (χ0v) is 16.0. The average molecular weight is 382 g/mol. The Kier molecular flexibility index (Phi) is 5.25. The first-order chi connectivity index (χ1) is 14.2. The van der Waals surface area contributed by atoms with E-state index in [9.17, 15) is 9.59 Å². The lowest BCUT2D eigenvalue weighted by molar-refractivity contribution is -0.131. The van der Waals surface area contributed by atoms with Crippen molar-refractivity contribution in [2.24, 2.45) is 0 Å². The summed E-state index contributed by atoms with van der Waals surface area (Å²) < 4.78 is 0. The fourth-order valence-corrected chi connectivity index (χ4v) is 3.69. The monoisotopic (exact) mass is 382 g/mol. The number of carbonyl (C=O) groups excluding carboxylic acids is 2. The molecule has 0 aromatic heterocycles. The number of rotatable bonds is 6. The maximum absolute atomic E-state index is 13.5. The van der Waals surface area contributed by atoms with Crippen molar-refractivity contribution in [3.8, 4) is 0 Å². The molecule has 1 N–H and O–H groups in total. The van der Waals surface area contributed by atoms with Crippen LogP contribution in [0.25, 0.3) is 6.08 Å². The van der Waals surface area contributed by atoms with Crippen molar-refractivity contribution in [1.82, 2.24) is 10.2 Å². The molecule has 4 nitrogen and oxygen atoms in total. The van der Waals surface area contributed by atoms with E-state index in [1.807, 2.05) is 103 Å². The molecule has 29 heavy (non-hydrogen) atoms. The Hall–Kier alpha value is -3.66. The van der Waals surface area contributed by atoms with Gasteiger partial charge in [0.15, 0.2) is 5.54 Å². The van der Waals surface area contributed by atoms with Crippen LogP contribution in [-0.2, 0) is 16.8 Å². The van der Waals surface area contributed by atoms with E-state index in [0.717, 1.165) is 16.7 Å². The van der Waals surface area contributed by atoms with Gasteiger partial charge in [0.2, 0.25) is 0 Å². The molecule has 144 valence electrons. The number of hydrogen-bond acceptors (Lipinski definition) is 2. The molecule has 0 bridgehead atoms. The lowest BCUT2D eigenvalue weighted by atomic mass is 9.83. The summed E-state index contributed by atoms with van der Waals surface area (Å²) in [5.41, 5.74) is 1.71. The second kappa shape index (κ2) is 8.15. The summed E-state index contributed by atoms with van der Waals surface area (Å²) in [5.74, 6) is -0.227. The van der Waals surface area contributed by atoms with Gasteiger partial charge in [-0.3, -0.25) is 9.69 Å². The van der Waals surface area contributed by atoms with Crippen molar-refractivity contribution in [1.29, 1.82) is 0 Å². The van der Waals surface area contributed by atoms with Gasteiger partial charge in [-0.15, -0.1) is 0 Å². The smallest absolute Gasteiger partial charge is 0.319 e. The molecule has 0 radical (unpaired) electrons. The highest BCUT2D eigenvalue weighted by Crippen LogP contribution is 2.33. The Morgan fingerprint density at radius 1 is 0.793 bits per heavy atom. The third-order valence-corrected chi connectivity index (χ3v) is 5.15. The Morgan fingerprint density at radius 2 is 1.38 bits per heavy atom. The Bertz CT molecular complexity index is 1020. The molecule has 0 aliphatic carbocycles. The maximum atomic E-state index is 13.5. The van der Waals surface area contributed by atoms with Crippen LogP contribution in [-0.4, -0.2) is 23.4 Å². The molecule has 4 heteroatoms. The van der Waals surface area contributed by atoms with Crippen LogP contribution < -0.4 is 5.32 Å². The lowest BCUT2D eigenvalue weighted by Gasteiger charge is -2.27. The van der Waals surface area contributed by atoms with Crippen molar-refractivity contribution in [2.75, 3.05) is 6.54 Å². The summed E-state index contributed by atoms with van der Waals surface area (Å²) in [6.07, 6.45) is 4.16. The van der Waals surface area contributed by atoms with Gasteiger partial charge in [-0.25, -0.2) is 4.79 Å². The minimum absolute atomic E-state index is 0.225. The van der Waals surface area contributed by atoms with Gasteiger partial charge < -0.3 is 5.32 Å². The van der Waals surface area contributed by atoms with Crippen LogP contribution >= 0.6 is 0 Å². The van der Waals surface area contributed by atoms with E-state index < -0.39 is 5.54 Å². The molecule has 3 amide bonds. The fraction of sp³-hybridized carbons (Fsp3) is 0.120. The van der Waals surface area contributed by atoms with E-state index in [4.69, 9.17) is 0 Å². The van der Waals surface area contributed by atoms with Crippen LogP contribution in [0.5, 0.6) is 0 Å². The highest BCUT2D eigenvalue weighted by atomic mass is 16.2. The van der Waals surface area contributed by atoms with Gasteiger partial charge in [0, 0.05) is 13.0 Å². The predicted molar refractivity (Wildman–Crippen MR) is 114 cm³/mol. The van der Waals surface area contributed by atoms with E-state index in [2.05, 4.69) is 5.32 Å². The first kappa shape index (κ1) is 18.7. The van der Waals surface area contributed by atoms with Gasteiger partial charge in [-0.1, -0.05) is 103 Å². The second-order valence-corrected chi connectivity index (χ2v) is 7.09. The summed E-state index contributed by atoms with van der Waals surface area (Å²) in [7, 11) is 0. The highest BCUT2D eigenvalue weighted by Gasteiger charge is 2.51. The standard InChI is InChI=1S/C25H22N2O2/c28-23-25(22-16-8-3-9-17-22,19-21-13-6-2-7-14-21)26-24(29)27(23)18-10-15-20-11-4-1-5-12-20/h1-17H,18-19H2,(H,26,29)/b15-10-/t25-/m0/s1. The molecule has 1 saturated heterocycles. The van der Waals surface area contributed by atoms with Crippen LogP contribution in [0.2, 0.25) is 0 Å². The lowest BCUT2D eigenvalue weighted by Crippen LogP contribution is -2.46. The average Bonchev–Trinajstić information content (AvgIpc) is 3.01. The number of carbonyl (C=O) groups is 2. The molecule has 0 saturated carbocycles.